The Bertz CT molecular complexity index is 1930. The zero-order chi connectivity index (χ0) is 40.3. The lowest BCUT2D eigenvalue weighted by atomic mass is 9.70. The molecule has 10 nitrogen and oxygen atoms in total. The summed E-state index contributed by atoms with van der Waals surface area (Å²) in [6.45, 7) is 10.9. The standard InChI is InChI=1S/C44H49BrClN3O7/c1-6-8-22-34(51)47(5)28(4)38(30-19-13-10-14-20-30)55-43(54)35-36-41(52)49(31(26-50)24-29-17-11-9-12-18-29)40(44(36)25-32(45)39(35)56-44)42(53)48(23-7-2)37-27(3)16-15-21-33(37)46/h6-7,9-21,28,31-32,35-36,38-40,50H,1-2,8,22-26H2,3-5H3/t28-,31-,32?,35-,36+,38+,39-,40-,44+/m1/s1. The minimum Gasteiger partial charge on any atom is -0.455 e. The molecule has 0 radical (unpaired) electrons. The number of allylic oxidation sites excluding steroid dienone is 1. The molecular weight excluding hydrogens is 798 g/mol. The summed E-state index contributed by atoms with van der Waals surface area (Å²) in [4.78, 5) is 62.6. The molecule has 1 unspecified atom stereocenters. The monoisotopic (exact) mass is 845 g/mol. The first kappa shape index (κ1) is 41.3. The van der Waals surface area contributed by atoms with Crippen LogP contribution >= 0.6 is 27.5 Å². The molecule has 3 saturated heterocycles. The van der Waals surface area contributed by atoms with Crippen molar-refractivity contribution in [1.29, 1.82) is 0 Å². The van der Waals surface area contributed by atoms with E-state index in [9.17, 15) is 14.7 Å². The molecule has 56 heavy (non-hydrogen) atoms. The van der Waals surface area contributed by atoms with Gasteiger partial charge in [0.05, 0.1) is 47.3 Å². The number of rotatable bonds is 16. The van der Waals surface area contributed by atoms with Crippen molar-refractivity contribution < 1.29 is 33.8 Å². The fourth-order valence-electron chi connectivity index (χ4n) is 8.80. The van der Waals surface area contributed by atoms with Crippen molar-refractivity contribution in [1.82, 2.24) is 9.80 Å². The van der Waals surface area contributed by atoms with Crippen LogP contribution in [0.1, 0.15) is 49.0 Å². The molecular formula is C44H49BrClN3O7. The summed E-state index contributed by atoms with van der Waals surface area (Å²) >= 11 is 10.5. The Balaban J connectivity index is 1.43. The summed E-state index contributed by atoms with van der Waals surface area (Å²) in [6.07, 6.45) is 2.83. The van der Waals surface area contributed by atoms with E-state index in [0.29, 0.717) is 22.7 Å². The first-order chi connectivity index (χ1) is 26.9. The largest absolute Gasteiger partial charge is 0.455 e. The fourth-order valence-corrected chi connectivity index (χ4v) is 10.1. The van der Waals surface area contributed by atoms with Crippen molar-refractivity contribution in [3.63, 3.8) is 0 Å². The van der Waals surface area contributed by atoms with Gasteiger partial charge >= 0.3 is 5.97 Å². The second-order valence-corrected chi connectivity index (χ2v) is 16.5. The van der Waals surface area contributed by atoms with Crippen LogP contribution in [0, 0.1) is 18.8 Å². The highest BCUT2D eigenvalue weighted by molar-refractivity contribution is 9.09. The second kappa shape index (κ2) is 17.5. The summed E-state index contributed by atoms with van der Waals surface area (Å²) in [6, 6.07) is 21.3. The van der Waals surface area contributed by atoms with E-state index in [4.69, 9.17) is 21.1 Å². The van der Waals surface area contributed by atoms with Gasteiger partial charge in [-0.15, -0.1) is 13.2 Å². The molecule has 9 atom stereocenters. The number of halogens is 2. The Kier molecular flexibility index (Phi) is 12.9. The number of alkyl halides is 1. The number of aryl methyl sites for hydroxylation is 1. The highest BCUT2D eigenvalue weighted by Crippen LogP contribution is 2.61. The normalized spacial score (nSPS) is 25.2. The number of hydrogen-bond acceptors (Lipinski definition) is 7. The van der Waals surface area contributed by atoms with E-state index in [1.165, 1.54) is 9.80 Å². The maximum Gasteiger partial charge on any atom is 0.313 e. The van der Waals surface area contributed by atoms with E-state index >= 15 is 9.59 Å². The molecule has 3 aliphatic heterocycles. The number of carbonyl (C=O) groups is 4. The zero-order valence-corrected chi connectivity index (χ0v) is 34.3. The number of carbonyl (C=O) groups excluding carboxylic acids is 4. The van der Waals surface area contributed by atoms with Gasteiger partial charge in [-0.1, -0.05) is 112 Å². The van der Waals surface area contributed by atoms with Gasteiger partial charge in [-0.05, 0) is 55.9 Å². The second-order valence-electron chi connectivity index (χ2n) is 14.9. The number of para-hydroxylation sites is 1. The van der Waals surface area contributed by atoms with Gasteiger partial charge in [0.2, 0.25) is 11.8 Å². The van der Waals surface area contributed by atoms with Gasteiger partial charge in [0.25, 0.3) is 5.91 Å². The molecule has 6 rings (SSSR count). The molecule has 3 aliphatic rings. The summed E-state index contributed by atoms with van der Waals surface area (Å²) in [5, 5.41) is 11.3. The van der Waals surface area contributed by atoms with E-state index in [1.807, 2.05) is 80.6 Å². The highest BCUT2D eigenvalue weighted by Gasteiger charge is 2.77. The van der Waals surface area contributed by atoms with E-state index in [0.717, 1.165) is 11.1 Å². The lowest BCUT2D eigenvalue weighted by molar-refractivity contribution is -0.165. The van der Waals surface area contributed by atoms with Crippen LogP contribution in [0.2, 0.25) is 5.02 Å². The van der Waals surface area contributed by atoms with Crippen LogP contribution in [0.5, 0.6) is 0 Å². The number of ether oxygens (including phenoxy) is 2. The van der Waals surface area contributed by atoms with Gasteiger partial charge in [-0.25, -0.2) is 0 Å². The maximum atomic E-state index is 15.3. The van der Waals surface area contributed by atoms with Crippen molar-refractivity contribution in [3.05, 3.63) is 126 Å². The van der Waals surface area contributed by atoms with Crippen LogP contribution in [0.3, 0.4) is 0 Å². The van der Waals surface area contributed by atoms with Gasteiger partial charge in [-0.3, -0.25) is 19.2 Å². The number of aliphatic hydroxyl groups is 1. The molecule has 2 bridgehead atoms. The Morgan fingerprint density at radius 1 is 1.07 bits per heavy atom. The molecule has 0 saturated carbocycles. The van der Waals surface area contributed by atoms with Gasteiger partial charge in [-0.2, -0.15) is 0 Å². The van der Waals surface area contributed by atoms with Crippen LogP contribution in [-0.2, 0) is 35.1 Å². The van der Waals surface area contributed by atoms with Crippen molar-refractivity contribution >= 4 is 56.9 Å². The van der Waals surface area contributed by atoms with E-state index in [1.54, 1.807) is 36.2 Å². The summed E-state index contributed by atoms with van der Waals surface area (Å²) in [5.74, 6) is -3.96. The van der Waals surface area contributed by atoms with Gasteiger partial charge < -0.3 is 29.3 Å². The molecule has 1 N–H and O–H groups in total. The van der Waals surface area contributed by atoms with Crippen LogP contribution in [-0.4, -0.2) is 93.5 Å². The maximum absolute atomic E-state index is 15.3. The Morgan fingerprint density at radius 2 is 1.75 bits per heavy atom. The van der Waals surface area contributed by atoms with E-state index in [-0.39, 0.29) is 31.7 Å². The van der Waals surface area contributed by atoms with Gasteiger partial charge in [0.15, 0.2) is 0 Å². The van der Waals surface area contributed by atoms with Crippen molar-refractivity contribution in [2.75, 3.05) is 25.1 Å². The Morgan fingerprint density at radius 3 is 2.38 bits per heavy atom. The molecule has 3 heterocycles. The Labute approximate surface area is 342 Å². The number of likely N-dealkylation sites (N-methyl/N-ethyl adjacent to an activating group) is 1. The molecule has 0 aliphatic carbocycles. The smallest absolute Gasteiger partial charge is 0.313 e. The fraction of sp³-hybridized carbons (Fsp3) is 0.409. The molecule has 1 spiro atoms. The molecule has 0 aromatic heterocycles. The third-order valence-corrected chi connectivity index (χ3v) is 12.7. The lowest BCUT2D eigenvalue weighted by Crippen LogP contribution is -2.59. The number of likely N-dealkylation sites (tertiary alicyclic amines) is 1. The number of nitrogens with zero attached hydrogens (tertiary/aromatic N) is 3. The molecule has 3 aromatic carbocycles. The SMILES string of the molecule is C=CCCC(=O)N(C)[C@H](C)[C@H](OC(=O)[C@H]1[C@@H]2O[C@@]3(CC2Br)[C@@H]1C(=O)N([C@@H](CO)Cc1ccccc1)[C@@H]3C(=O)N(CC=C)c1c(C)cccc1Cl)c1ccccc1. The molecule has 3 fully saturated rings. The predicted molar refractivity (Wildman–Crippen MR) is 219 cm³/mol. The quantitative estimate of drug-likeness (QED) is 0.0980. The van der Waals surface area contributed by atoms with Gasteiger partial charge in [0.1, 0.15) is 17.7 Å². The molecule has 296 valence electrons. The number of aliphatic hydroxyl groups excluding tert-OH is 1. The van der Waals surface area contributed by atoms with E-state index in [2.05, 4.69) is 29.1 Å². The van der Waals surface area contributed by atoms with Crippen molar-refractivity contribution in [2.24, 2.45) is 11.8 Å². The average Bonchev–Trinajstić information content (AvgIpc) is 3.80. The third-order valence-electron chi connectivity index (χ3n) is 11.6. The molecule has 3 amide bonds. The number of anilines is 1. The Hall–Kier alpha value is -4.29. The van der Waals surface area contributed by atoms with Crippen molar-refractivity contribution in [3.8, 4) is 0 Å². The van der Waals surface area contributed by atoms with Gasteiger partial charge in [0, 0.05) is 24.8 Å². The minimum absolute atomic E-state index is 0.0769. The molecule has 3 aromatic rings. The molecule has 12 heteroatoms. The minimum atomic E-state index is -1.46. The van der Waals surface area contributed by atoms with Crippen LogP contribution in [0.4, 0.5) is 5.69 Å². The van der Waals surface area contributed by atoms with E-state index < -0.39 is 77.0 Å². The van der Waals surface area contributed by atoms with Crippen LogP contribution in [0.15, 0.2) is 104 Å². The third kappa shape index (κ3) is 7.58. The lowest BCUT2D eigenvalue weighted by Gasteiger charge is -2.40. The number of fused-ring (bicyclic) bond motifs is 1. The highest BCUT2D eigenvalue weighted by atomic mass is 79.9. The predicted octanol–water partition coefficient (Wildman–Crippen LogP) is 6.62. The average molecular weight is 847 g/mol. The number of benzene rings is 3. The summed E-state index contributed by atoms with van der Waals surface area (Å²) < 4.78 is 13.3. The van der Waals surface area contributed by atoms with Crippen LogP contribution < -0.4 is 4.90 Å². The summed E-state index contributed by atoms with van der Waals surface area (Å²) in [5.41, 5.74) is 1.29. The first-order valence-corrected chi connectivity index (χ1v) is 20.3. The summed E-state index contributed by atoms with van der Waals surface area (Å²) in [7, 11) is 1.68. The number of amides is 3. The zero-order valence-electron chi connectivity index (χ0n) is 31.9. The first-order valence-electron chi connectivity index (χ1n) is 19.0. The van der Waals surface area contributed by atoms with Crippen LogP contribution in [0.25, 0.3) is 0 Å². The topological polar surface area (TPSA) is 117 Å². The number of hydrogen-bond donors (Lipinski definition) is 1. The van der Waals surface area contributed by atoms with Crippen molar-refractivity contribution in [2.45, 2.75) is 80.3 Å². The number of esters is 1.